The van der Waals surface area contributed by atoms with E-state index in [1.807, 2.05) is 5.38 Å². The summed E-state index contributed by atoms with van der Waals surface area (Å²) in [5.41, 5.74) is 2.87. The third-order valence-electron chi connectivity index (χ3n) is 8.70. The van der Waals surface area contributed by atoms with Gasteiger partial charge in [0, 0.05) is 60.6 Å². The number of benzene rings is 2. The Hall–Kier alpha value is -2.97. The average molecular weight is 536 g/mol. The Bertz CT molecular complexity index is 1360. The first-order chi connectivity index (χ1) is 18.4. The van der Waals surface area contributed by atoms with Gasteiger partial charge < -0.3 is 10.0 Å². The Morgan fingerprint density at radius 1 is 0.974 bits per heavy atom. The molecule has 6 nitrogen and oxygen atoms in total. The Labute approximate surface area is 226 Å². The number of rotatable bonds is 6. The van der Waals surface area contributed by atoms with Gasteiger partial charge in [-0.25, -0.2) is 9.18 Å². The summed E-state index contributed by atoms with van der Waals surface area (Å²) in [6.07, 6.45) is 5.61. The zero-order chi connectivity index (χ0) is 26.3. The number of fused-ring (bicyclic) bond motifs is 2. The second-order valence-corrected chi connectivity index (χ2v) is 11.9. The molecule has 3 aromatic rings. The summed E-state index contributed by atoms with van der Waals surface area (Å²) >= 11 is 1.57. The largest absolute Gasteiger partial charge is 0.479 e. The lowest BCUT2D eigenvalue weighted by atomic mass is 9.78. The number of anilines is 2. The van der Waals surface area contributed by atoms with Crippen LogP contribution in [0.2, 0.25) is 0 Å². The molecule has 1 saturated heterocycles. The quantitative estimate of drug-likeness (QED) is 0.453. The summed E-state index contributed by atoms with van der Waals surface area (Å²) in [7, 11) is 0. The van der Waals surface area contributed by atoms with Crippen molar-refractivity contribution in [3.63, 3.8) is 0 Å². The van der Waals surface area contributed by atoms with Crippen LogP contribution in [0.4, 0.5) is 15.8 Å². The van der Waals surface area contributed by atoms with E-state index in [2.05, 4.69) is 34.1 Å². The van der Waals surface area contributed by atoms with E-state index < -0.39 is 11.5 Å². The number of carboxylic acid groups (broad SMARTS) is 1. The highest BCUT2D eigenvalue weighted by atomic mass is 32.1. The van der Waals surface area contributed by atoms with Gasteiger partial charge in [-0.1, -0.05) is 31.4 Å². The number of nitrogens with zero attached hydrogens (tertiary/aromatic N) is 3. The van der Waals surface area contributed by atoms with Crippen molar-refractivity contribution >= 4 is 44.7 Å². The van der Waals surface area contributed by atoms with Gasteiger partial charge in [0.15, 0.2) is 0 Å². The van der Waals surface area contributed by atoms with Gasteiger partial charge in [-0.2, -0.15) is 0 Å². The van der Waals surface area contributed by atoms with Crippen LogP contribution in [0.3, 0.4) is 0 Å². The van der Waals surface area contributed by atoms with Crippen molar-refractivity contribution in [2.75, 3.05) is 42.5 Å². The lowest BCUT2D eigenvalue weighted by Gasteiger charge is -2.45. The molecule has 200 valence electrons. The fourth-order valence-corrected chi connectivity index (χ4v) is 7.42. The number of amides is 1. The molecule has 0 atom stereocenters. The predicted octanol–water partition coefficient (Wildman–Crippen LogP) is 5.47. The van der Waals surface area contributed by atoms with E-state index in [-0.39, 0.29) is 11.7 Å². The molecule has 0 unspecified atom stereocenters. The number of hydrogen-bond donors (Lipinski definition) is 1. The van der Waals surface area contributed by atoms with Gasteiger partial charge in [0.05, 0.1) is 0 Å². The van der Waals surface area contributed by atoms with Crippen LogP contribution in [-0.2, 0) is 22.4 Å². The summed E-state index contributed by atoms with van der Waals surface area (Å²) in [4.78, 5) is 32.0. The number of thiophene rings is 1. The fraction of sp³-hybridized carbons (Fsp3) is 0.467. The number of aryl methyl sites for hydroxylation is 1. The smallest absolute Gasteiger partial charge is 0.330 e. The second kappa shape index (κ2) is 10.3. The highest BCUT2D eigenvalue weighted by Crippen LogP contribution is 2.42. The predicted molar refractivity (Wildman–Crippen MR) is 150 cm³/mol. The number of halogens is 1. The van der Waals surface area contributed by atoms with Gasteiger partial charge >= 0.3 is 5.97 Å². The molecule has 1 N–H and O–H groups in total. The van der Waals surface area contributed by atoms with E-state index in [0.717, 1.165) is 91.0 Å². The number of carboxylic acids is 1. The van der Waals surface area contributed by atoms with Crippen molar-refractivity contribution in [1.82, 2.24) is 4.90 Å². The summed E-state index contributed by atoms with van der Waals surface area (Å²) in [6, 6.07) is 11.6. The molecule has 1 amide bonds. The minimum Gasteiger partial charge on any atom is -0.479 e. The van der Waals surface area contributed by atoms with E-state index in [1.165, 1.54) is 0 Å². The standard InChI is InChI=1S/C30H34FN3O3S/c31-23-19-26(24-9-17-38-27(24)20-23)33-15-13-32(14-16-33)12-8-21-4-5-22-6-7-28(35)34(25(22)18-21)30(29(36)37)10-2-1-3-11-30/h4-5,9,17-20H,1-3,6-8,10-16H2,(H,36,37). The van der Waals surface area contributed by atoms with Gasteiger partial charge in [0.1, 0.15) is 11.4 Å². The van der Waals surface area contributed by atoms with Gasteiger partial charge in [0.25, 0.3) is 0 Å². The third-order valence-corrected chi connectivity index (χ3v) is 9.56. The highest BCUT2D eigenvalue weighted by Gasteiger charge is 2.49. The van der Waals surface area contributed by atoms with Gasteiger partial charge in [-0.05, 0) is 66.5 Å². The van der Waals surface area contributed by atoms with Gasteiger partial charge in [0.2, 0.25) is 5.91 Å². The van der Waals surface area contributed by atoms with Crippen molar-refractivity contribution in [2.45, 2.75) is 56.9 Å². The molecule has 3 heterocycles. The van der Waals surface area contributed by atoms with Crippen LogP contribution in [0.25, 0.3) is 10.1 Å². The monoisotopic (exact) mass is 535 g/mol. The first-order valence-corrected chi connectivity index (χ1v) is 14.6. The van der Waals surface area contributed by atoms with E-state index in [4.69, 9.17) is 0 Å². The van der Waals surface area contributed by atoms with Crippen LogP contribution in [0, 0.1) is 5.82 Å². The number of piperazine rings is 1. The van der Waals surface area contributed by atoms with Crippen LogP contribution in [0.1, 0.15) is 49.7 Å². The molecule has 8 heteroatoms. The first kappa shape index (κ1) is 25.3. The third kappa shape index (κ3) is 4.58. The topological polar surface area (TPSA) is 64.1 Å². The number of carbonyl (C=O) groups is 2. The van der Waals surface area contributed by atoms with Crippen LogP contribution in [0.5, 0.6) is 0 Å². The molecular weight excluding hydrogens is 501 g/mol. The molecule has 3 aliphatic rings. The maximum Gasteiger partial charge on any atom is 0.330 e. The average Bonchev–Trinajstić information content (AvgIpc) is 3.40. The van der Waals surface area contributed by atoms with E-state index >= 15 is 0 Å². The van der Waals surface area contributed by atoms with Gasteiger partial charge in [-0.3, -0.25) is 14.6 Å². The van der Waals surface area contributed by atoms with E-state index in [1.54, 1.807) is 28.4 Å². The molecule has 0 spiro atoms. The minimum absolute atomic E-state index is 0.0628. The van der Waals surface area contributed by atoms with Crippen molar-refractivity contribution in [3.05, 3.63) is 58.7 Å². The summed E-state index contributed by atoms with van der Waals surface area (Å²) in [5.74, 6) is -1.12. The number of hydrogen-bond acceptors (Lipinski definition) is 5. The zero-order valence-corrected chi connectivity index (χ0v) is 22.4. The molecule has 1 saturated carbocycles. The highest BCUT2D eigenvalue weighted by molar-refractivity contribution is 7.17. The van der Waals surface area contributed by atoms with Crippen LogP contribution < -0.4 is 9.80 Å². The molecule has 0 bridgehead atoms. The second-order valence-electron chi connectivity index (χ2n) is 10.9. The Morgan fingerprint density at radius 3 is 2.53 bits per heavy atom. The maximum absolute atomic E-state index is 14.2. The maximum atomic E-state index is 14.2. The van der Waals surface area contributed by atoms with Crippen LogP contribution in [-0.4, -0.2) is 60.1 Å². The molecule has 2 aromatic carbocycles. The first-order valence-electron chi connectivity index (χ1n) is 13.8. The van der Waals surface area contributed by atoms with Crippen molar-refractivity contribution < 1.29 is 19.1 Å². The van der Waals surface area contributed by atoms with Crippen LogP contribution in [0.15, 0.2) is 41.8 Å². The number of aliphatic carboxylic acids is 1. The summed E-state index contributed by atoms with van der Waals surface area (Å²) in [6.45, 7) is 4.39. The molecule has 0 radical (unpaired) electrons. The normalized spacial score (nSPS) is 20.1. The Morgan fingerprint density at radius 2 is 1.76 bits per heavy atom. The van der Waals surface area contributed by atoms with E-state index in [0.29, 0.717) is 25.7 Å². The van der Waals surface area contributed by atoms with Gasteiger partial charge in [-0.15, -0.1) is 11.3 Å². The molecule has 2 aliphatic heterocycles. The lowest BCUT2D eigenvalue weighted by Crippen LogP contribution is -2.59. The van der Waals surface area contributed by atoms with Crippen LogP contribution >= 0.6 is 11.3 Å². The van der Waals surface area contributed by atoms with Crippen molar-refractivity contribution in [2.24, 2.45) is 0 Å². The number of carbonyl (C=O) groups excluding carboxylic acids is 1. The van der Waals surface area contributed by atoms with Crippen molar-refractivity contribution in [3.8, 4) is 0 Å². The molecule has 6 rings (SSSR count). The summed E-state index contributed by atoms with van der Waals surface area (Å²) < 4.78 is 15.2. The molecule has 1 aliphatic carbocycles. The lowest BCUT2D eigenvalue weighted by molar-refractivity contribution is -0.146. The summed E-state index contributed by atoms with van der Waals surface area (Å²) in [5, 5.41) is 13.4. The Balaban J connectivity index is 1.15. The molecule has 2 fully saturated rings. The zero-order valence-electron chi connectivity index (χ0n) is 21.6. The SMILES string of the molecule is O=C1CCc2ccc(CCN3CCN(c4cc(F)cc5sccc45)CC3)cc2N1C1(C(=O)O)CCCCC1. The van der Waals surface area contributed by atoms with Crippen molar-refractivity contribution in [1.29, 1.82) is 0 Å². The minimum atomic E-state index is -1.12. The fourth-order valence-electron chi connectivity index (χ4n) is 6.59. The Kier molecular flexibility index (Phi) is 6.86. The molecule has 1 aromatic heterocycles. The molecular formula is C30H34FN3O3S. The van der Waals surface area contributed by atoms with E-state index in [9.17, 15) is 19.1 Å². The molecule has 38 heavy (non-hydrogen) atoms.